The second-order valence-corrected chi connectivity index (χ2v) is 7.39. The molecule has 0 bridgehead atoms. The summed E-state index contributed by atoms with van der Waals surface area (Å²) < 4.78 is 24.1. The molecule has 0 radical (unpaired) electrons. The molecule has 6 nitrogen and oxygen atoms in total. The molecule has 2 amide bonds. The number of benzene rings is 2. The van der Waals surface area contributed by atoms with Crippen LogP contribution in [0.5, 0.6) is 11.5 Å². The van der Waals surface area contributed by atoms with Gasteiger partial charge in [0.1, 0.15) is 23.9 Å². The summed E-state index contributed by atoms with van der Waals surface area (Å²) in [5.41, 5.74) is 1.81. The van der Waals surface area contributed by atoms with Gasteiger partial charge in [-0.2, -0.15) is 0 Å². The molecule has 2 aromatic rings. The maximum atomic E-state index is 13.1. The lowest BCUT2D eigenvalue weighted by molar-refractivity contribution is -0.148. The first-order valence-electron chi connectivity index (χ1n) is 9.64. The minimum atomic E-state index is -0.314. The van der Waals surface area contributed by atoms with Crippen molar-refractivity contribution in [2.24, 2.45) is 5.92 Å². The summed E-state index contributed by atoms with van der Waals surface area (Å²) in [5, 5.41) is 0. The van der Waals surface area contributed by atoms with Crippen LogP contribution in [0.25, 0.3) is 0 Å². The predicted molar refractivity (Wildman–Crippen MR) is 104 cm³/mol. The van der Waals surface area contributed by atoms with Crippen LogP contribution in [0.15, 0.2) is 42.5 Å². The lowest BCUT2D eigenvalue weighted by Gasteiger charge is -2.37. The summed E-state index contributed by atoms with van der Waals surface area (Å²) in [6.45, 7) is 1.72. The fourth-order valence-corrected chi connectivity index (χ4v) is 3.79. The Morgan fingerprint density at radius 2 is 2.00 bits per heavy atom. The van der Waals surface area contributed by atoms with Crippen LogP contribution in [0.4, 0.5) is 4.39 Å². The van der Waals surface area contributed by atoms with E-state index in [4.69, 9.17) is 9.47 Å². The monoisotopic (exact) mass is 398 g/mol. The zero-order chi connectivity index (χ0) is 20.4. The maximum absolute atomic E-state index is 13.1. The Bertz CT molecular complexity index is 916. The third-order valence-electron chi connectivity index (χ3n) is 5.44. The van der Waals surface area contributed by atoms with E-state index in [0.717, 1.165) is 22.6 Å². The minimum Gasteiger partial charge on any atom is -0.497 e. The third-order valence-corrected chi connectivity index (χ3v) is 5.44. The van der Waals surface area contributed by atoms with Crippen LogP contribution >= 0.6 is 0 Å². The maximum Gasteiger partial charge on any atom is 0.242 e. The lowest BCUT2D eigenvalue weighted by atomic mass is 9.95. The summed E-state index contributed by atoms with van der Waals surface area (Å²) in [5.74, 6) is 0.719. The summed E-state index contributed by atoms with van der Waals surface area (Å²) in [7, 11) is 1.60. The average molecular weight is 398 g/mol. The quantitative estimate of drug-likeness (QED) is 0.793. The first-order chi connectivity index (χ1) is 14.0. The minimum absolute atomic E-state index is 0.0570. The highest BCUT2D eigenvalue weighted by Gasteiger charge is 2.34. The molecule has 0 aliphatic carbocycles. The number of rotatable bonds is 4. The number of nitrogens with zero attached hydrogens (tertiary/aromatic N) is 2. The van der Waals surface area contributed by atoms with Gasteiger partial charge in [-0.3, -0.25) is 9.59 Å². The molecule has 2 aliphatic heterocycles. The molecule has 29 heavy (non-hydrogen) atoms. The van der Waals surface area contributed by atoms with E-state index in [0.29, 0.717) is 32.7 Å². The average Bonchev–Trinajstić information content (AvgIpc) is 2.75. The summed E-state index contributed by atoms with van der Waals surface area (Å²) in [6, 6.07) is 11.7. The first kappa shape index (κ1) is 19.2. The highest BCUT2D eigenvalue weighted by molar-refractivity contribution is 5.87. The number of carbonyl (C=O) groups excluding carboxylic acids is 2. The van der Waals surface area contributed by atoms with Crippen molar-refractivity contribution in [1.29, 1.82) is 0 Å². The molecule has 0 spiro atoms. The van der Waals surface area contributed by atoms with Gasteiger partial charge in [0.05, 0.1) is 19.6 Å². The summed E-state index contributed by atoms with van der Waals surface area (Å²) >= 11 is 0. The molecular formula is C22H23FN2O4. The largest absolute Gasteiger partial charge is 0.497 e. The van der Waals surface area contributed by atoms with E-state index in [2.05, 4.69) is 0 Å². The number of piperazine rings is 1. The Kier molecular flexibility index (Phi) is 5.38. The smallest absolute Gasteiger partial charge is 0.242 e. The molecule has 0 N–H and O–H groups in total. The lowest BCUT2D eigenvalue weighted by Crippen LogP contribution is -2.54. The highest BCUT2D eigenvalue weighted by atomic mass is 19.1. The number of ether oxygens (including phenoxy) is 2. The molecule has 4 rings (SSSR count). The van der Waals surface area contributed by atoms with Crippen molar-refractivity contribution in [1.82, 2.24) is 9.80 Å². The van der Waals surface area contributed by atoms with Gasteiger partial charge in [0.15, 0.2) is 0 Å². The molecule has 1 fully saturated rings. The predicted octanol–water partition coefficient (Wildman–Crippen LogP) is 2.26. The number of amides is 2. The van der Waals surface area contributed by atoms with E-state index in [1.54, 1.807) is 29.0 Å². The highest BCUT2D eigenvalue weighted by Crippen LogP contribution is 2.31. The fourth-order valence-electron chi connectivity index (χ4n) is 3.79. The van der Waals surface area contributed by atoms with Gasteiger partial charge in [-0.25, -0.2) is 4.39 Å². The Morgan fingerprint density at radius 3 is 2.72 bits per heavy atom. The second kappa shape index (κ2) is 8.11. The van der Waals surface area contributed by atoms with Crippen molar-refractivity contribution in [3.05, 3.63) is 59.4 Å². The summed E-state index contributed by atoms with van der Waals surface area (Å²) in [4.78, 5) is 28.8. The molecular weight excluding hydrogens is 375 g/mol. The number of hydrogen-bond acceptors (Lipinski definition) is 4. The first-order valence-corrected chi connectivity index (χ1v) is 9.64. The van der Waals surface area contributed by atoms with Gasteiger partial charge in [-0.15, -0.1) is 0 Å². The van der Waals surface area contributed by atoms with Crippen LogP contribution in [0.1, 0.15) is 11.1 Å². The van der Waals surface area contributed by atoms with E-state index in [9.17, 15) is 14.0 Å². The van der Waals surface area contributed by atoms with Gasteiger partial charge in [-0.1, -0.05) is 12.1 Å². The molecule has 0 aromatic heterocycles. The van der Waals surface area contributed by atoms with Crippen LogP contribution in [0, 0.1) is 11.7 Å². The zero-order valence-corrected chi connectivity index (χ0v) is 16.3. The van der Waals surface area contributed by atoms with Crippen molar-refractivity contribution in [2.75, 3.05) is 33.4 Å². The van der Waals surface area contributed by atoms with Gasteiger partial charge in [0.2, 0.25) is 11.8 Å². The van der Waals surface area contributed by atoms with E-state index >= 15 is 0 Å². The van der Waals surface area contributed by atoms with E-state index in [1.807, 2.05) is 18.2 Å². The number of carbonyl (C=O) groups is 2. The molecule has 2 aliphatic rings. The van der Waals surface area contributed by atoms with Crippen molar-refractivity contribution in [3.8, 4) is 11.5 Å². The van der Waals surface area contributed by atoms with E-state index in [-0.39, 0.29) is 30.1 Å². The molecule has 1 saturated heterocycles. The Balaban J connectivity index is 1.37. The third kappa shape index (κ3) is 4.18. The van der Waals surface area contributed by atoms with Crippen LogP contribution in [-0.2, 0) is 22.6 Å². The van der Waals surface area contributed by atoms with Gasteiger partial charge < -0.3 is 19.3 Å². The van der Waals surface area contributed by atoms with Gasteiger partial charge in [0, 0.05) is 19.6 Å². The van der Waals surface area contributed by atoms with Crippen LogP contribution in [-0.4, -0.2) is 55.0 Å². The van der Waals surface area contributed by atoms with Crippen LogP contribution < -0.4 is 9.47 Å². The summed E-state index contributed by atoms with van der Waals surface area (Å²) in [6.07, 6.45) is 0.565. The Hall–Kier alpha value is -3.09. The molecule has 2 aromatic carbocycles. The van der Waals surface area contributed by atoms with Gasteiger partial charge >= 0.3 is 0 Å². The van der Waals surface area contributed by atoms with Crippen molar-refractivity contribution in [3.63, 3.8) is 0 Å². The number of methoxy groups -OCH3 is 1. The van der Waals surface area contributed by atoms with Crippen LogP contribution in [0.2, 0.25) is 0 Å². The SMILES string of the molecule is COc1ccc2c(c1)C[C@H](C(=O)N1CCN(Cc3ccc(F)cc3)C(=O)C1)CO2. The second-order valence-electron chi connectivity index (χ2n) is 7.39. The van der Waals surface area contributed by atoms with E-state index in [1.165, 1.54) is 12.1 Å². The Labute approximate surface area is 168 Å². The van der Waals surface area contributed by atoms with Gasteiger partial charge in [0.25, 0.3) is 0 Å². The number of hydrogen-bond donors (Lipinski definition) is 0. The molecule has 7 heteroatoms. The van der Waals surface area contributed by atoms with Gasteiger partial charge in [-0.05, 0) is 47.9 Å². The Morgan fingerprint density at radius 1 is 1.21 bits per heavy atom. The number of halogens is 1. The topological polar surface area (TPSA) is 59.1 Å². The fraction of sp³-hybridized carbons (Fsp3) is 0.364. The molecule has 152 valence electrons. The molecule has 2 heterocycles. The van der Waals surface area contributed by atoms with E-state index < -0.39 is 0 Å². The van der Waals surface area contributed by atoms with Crippen molar-refractivity contribution in [2.45, 2.75) is 13.0 Å². The van der Waals surface area contributed by atoms with Crippen molar-refractivity contribution < 1.29 is 23.5 Å². The molecule has 0 saturated carbocycles. The normalized spacial score (nSPS) is 18.8. The standard InChI is InChI=1S/C22H23FN2O4/c1-28-19-6-7-20-16(11-19)10-17(14-29-20)22(27)25-9-8-24(21(26)13-25)12-15-2-4-18(23)5-3-15/h2-7,11,17H,8-10,12-14H2,1H3/t17-/m0/s1. The van der Waals surface area contributed by atoms with Crippen LogP contribution in [0.3, 0.4) is 0 Å². The van der Waals surface area contributed by atoms with Crippen molar-refractivity contribution >= 4 is 11.8 Å². The molecule has 0 unspecified atom stereocenters. The zero-order valence-electron chi connectivity index (χ0n) is 16.3. The molecule has 1 atom stereocenters. The number of fused-ring (bicyclic) bond motifs is 1.